The molecule has 0 aliphatic carbocycles. The number of halogens is 1. The lowest BCUT2D eigenvalue weighted by Crippen LogP contribution is -2.48. The first-order chi connectivity index (χ1) is 4.00. The molecule has 0 amide bonds. The fraction of sp³-hybridized carbons (Fsp3) is 1.00. The molecule has 0 radical (unpaired) electrons. The Balaban J connectivity index is 3.70. The summed E-state index contributed by atoms with van der Waals surface area (Å²) in [6.07, 6.45) is -0.275. The minimum Gasteiger partial charge on any atom is -0.345 e. The number of aliphatic hydroxyl groups is 1. The number of alkyl halides is 1. The molecule has 0 aromatic heterocycles. The van der Waals surface area contributed by atoms with E-state index in [0.29, 0.717) is 4.48 Å². The van der Waals surface area contributed by atoms with Crippen LogP contribution in [-0.2, 0) is 0 Å². The average molecular weight is 197 g/mol. The zero-order chi connectivity index (χ0) is 7.49. The lowest BCUT2D eigenvalue weighted by atomic mass is 10.4. The second-order valence-electron chi connectivity index (χ2n) is 2.82. The van der Waals surface area contributed by atoms with Gasteiger partial charge >= 0.3 is 0 Å². The molecule has 0 saturated carbocycles. The molecule has 0 heterocycles. The molecule has 0 fully saturated rings. The smallest absolute Gasteiger partial charge is 0.187 e. The van der Waals surface area contributed by atoms with Crippen LogP contribution in [0.2, 0.25) is 0 Å². The largest absolute Gasteiger partial charge is 0.345 e. The Kier molecular flexibility index (Phi) is 3.70. The van der Waals surface area contributed by atoms with Crippen molar-refractivity contribution >= 4 is 15.9 Å². The van der Waals surface area contributed by atoms with Crippen LogP contribution in [0.5, 0.6) is 0 Å². The van der Waals surface area contributed by atoms with E-state index in [1.165, 1.54) is 0 Å². The molecule has 9 heavy (non-hydrogen) atoms. The van der Waals surface area contributed by atoms with Gasteiger partial charge in [-0.3, -0.25) is 0 Å². The highest BCUT2D eigenvalue weighted by atomic mass is 79.9. The van der Waals surface area contributed by atoms with Crippen LogP contribution in [0, 0.1) is 0 Å². The van der Waals surface area contributed by atoms with E-state index in [4.69, 9.17) is 5.11 Å². The van der Waals surface area contributed by atoms with Crippen LogP contribution in [0.1, 0.15) is 6.92 Å². The van der Waals surface area contributed by atoms with E-state index in [2.05, 4.69) is 15.9 Å². The molecule has 1 unspecified atom stereocenters. The van der Waals surface area contributed by atoms with Crippen LogP contribution >= 0.6 is 15.9 Å². The van der Waals surface area contributed by atoms with Gasteiger partial charge in [0.2, 0.25) is 0 Å². The van der Waals surface area contributed by atoms with Gasteiger partial charge in [-0.1, -0.05) is 15.9 Å². The molecule has 0 aromatic rings. The number of hydrogen-bond donors (Lipinski definition) is 1. The van der Waals surface area contributed by atoms with Crippen LogP contribution in [0.3, 0.4) is 0 Å². The van der Waals surface area contributed by atoms with Crippen molar-refractivity contribution in [3.63, 3.8) is 0 Å². The van der Waals surface area contributed by atoms with Crippen LogP contribution in [0.15, 0.2) is 0 Å². The lowest BCUT2D eigenvalue weighted by Gasteiger charge is -2.31. The number of rotatable bonds is 3. The summed E-state index contributed by atoms with van der Waals surface area (Å²) >= 11 is 3.33. The summed E-state index contributed by atoms with van der Waals surface area (Å²) in [5.41, 5.74) is 0. The molecule has 2 nitrogen and oxygen atoms in total. The molecular formula is C6H15BrNO+. The fourth-order valence-electron chi connectivity index (χ4n) is 0.405. The highest BCUT2D eigenvalue weighted by Crippen LogP contribution is 2.03. The molecule has 0 aliphatic heterocycles. The van der Waals surface area contributed by atoms with Gasteiger partial charge in [-0.2, -0.15) is 0 Å². The maximum atomic E-state index is 9.16. The number of quaternary nitrogens is 1. The van der Waals surface area contributed by atoms with E-state index in [9.17, 15) is 0 Å². The lowest BCUT2D eigenvalue weighted by molar-refractivity contribution is -0.932. The molecular weight excluding hydrogens is 182 g/mol. The van der Waals surface area contributed by atoms with Gasteiger partial charge in [-0.05, 0) is 0 Å². The monoisotopic (exact) mass is 196 g/mol. The molecule has 0 bridgehead atoms. The van der Waals surface area contributed by atoms with E-state index >= 15 is 0 Å². The molecule has 56 valence electrons. The number of hydrogen-bond acceptors (Lipinski definition) is 1. The highest BCUT2D eigenvalue weighted by molar-refractivity contribution is 9.09. The average Bonchev–Trinajstić information content (AvgIpc) is 1.65. The van der Waals surface area contributed by atoms with Crippen LogP contribution in [0.4, 0.5) is 0 Å². The quantitative estimate of drug-likeness (QED) is 0.403. The van der Waals surface area contributed by atoms with Crippen molar-refractivity contribution in [2.75, 3.05) is 26.0 Å². The van der Waals surface area contributed by atoms with E-state index in [-0.39, 0.29) is 6.23 Å². The van der Waals surface area contributed by atoms with Crippen molar-refractivity contribution in [3.05, 3.63) is 0 Å². The van der Waals surface area contributed by atoms with Crippen molar-refractivity contribution < 1.29 is 9.59 Å². The summed E-state index contributed by atoms with van der Waals surface area (Å²) in [7, 11) is 4.01. The zero-order valence-electron chi connectivity index (χ0n) is 6.26. The van der Waals surface area contributed by atoms with Gasteiger partial charge in [-0.15, -0.1) is 0 Å². The first-order valence-corrected chi connectivity index (χ1v) is 4.19. The van der Waals surface area contributed by atoms with Gasteiger partial charge in [0.15, 0.2) is 6.23 Å². The molecule has 0 saturated heterocycles. The third kappa shape index (κ3) is 3.18. The first kappa shape index (κ1) is 9.40. The van der Waals surface area contributed by atoms with E-state index in [0.717, 1.165) is 11.9 Å². The molecule has 1 N–H and O–H groups in total. The van der Waals surface area contributed by atoms with Crippen molar-refractivity contribution in [1.29, 1.82) is 0 Å². The third-order valence-electron chi connectivity index (χ3n) is 1.67. The van der Waals surface area contributed by atoms with Crippen LogP contribution < -0.4 is 0 Å². The summed E-state index contributed by atoms with van der Waals surface area (Å²) in [6.45, 7) is 2.76. The summed E-state index contributed by atoms with van der Waals surface area (Å²) in [5.74, 6) is 0. The number of nitrogens with zero attached hydrogens (tertiary/aromatic N) is 1. The molecule has 0 rings (SSSR count). The zero-order valence-corrected chi connectivity index (χ0v) is 7.85. The maximum absolute atomic E-state index is 9.16. The highest BCUT2D eigenvalue weighted by Gasteiger charge is 2.19. The van der Waals surface area contributed by atoms with Gasteiger partial charge in [0.25, 0.3) is 0 Å². The van der Waals surface area contributed by atoms with Crippen molar-refractivity contribution in [2.45, 2.75) is 13.2 Å². The van der Waals surface area contributed by atoms with Gasteiger partial charge in [0.1, 0.15) is 0 Å². The minimum absolute atomic E-state index is 0.275. The van der Waals surface area contributed by atoms with Gasteiger partial charge in [0, 0.05) is 6.92 Å². The summed E-state index contributed by atoms with van der Waals surface area (Å²) in [4.78, 5) is 0. The van der Waals surface area contributed by atoms with Crippen molar-refractivity contribution in [2.24, 2.45) is 0 Å². The Morgan fingerprint density at radius 2 is 2.00 bits per heavy atom. The Morgan fingerprint density at radius 1 is 1.56 bits per heavy atom. The standard InChI is InChI=1S/C6H15BrNO/c1-6(9)8(2,3)5-4-7/h6,9H,4-5H2,1-3H3/q+1. The predicted octanol–water partition coefficient (Wildman–Crippen LogP) is 0.796. The van der Waals surface area contributed by atoms with Gasteiger partial charge in [-0.25, -0.2) is 0 Å². The molecule has 0 aliphatic rings. The van der Waals surface area contributed by atoms with E-state index < -0.39 is 0 Å². The molecule has 0 spiro atoms. The number of aliphatic hydroxyl groups excluding tert-OH is 1. The summed E-state index contributed by atoms with van der Waals surface area (Å²) < 4.78 is 0.658. The summed E-state index contributed by atoms with van der Waals surface area (Å²) in [5, 5.41) is 10.1. The maximum Gasteiger partial charge on any atom is 0.187 e. The fourth-order valence-corrected chi connectivity index (χ4v) is 1.32. The summed E-state index contributed by atoms with van der Waals surface area (Å²) in [6, 6.07) is 0. The molecule has 3 heteroatoms. The molecule has 0 aromatic carbocycles. The van der Waals surface area contributed by atoms with Gasteiger partial charge in [0.05, 0.1) is 26.0 Å². The Bertz CT molecular complexity index is 83.1. The van der Waals surface area contributed by atoms with Gasteiger partial charge < -0.3 is 9.59 Å². The van der Waals surface area contributed by atoms with Crippen LogP contribution in [0.25, 0.3) is 0 Å². The minimum atomic E-state index is -0.275. The Hall–Kier alpha value is 0.400. The second kappa shape index (κ2) is 3.54. The second-order valence-corrected chi connectivity index (χ2v) is 3.62. The SMILES string of the molecule is CC(O)[N+](C)(C)CCBr. The molecule has 1 atom stereocenters. The predicted molar refractivity (Wildman–Crippen MR) is 42.5 cm³/mol. The van der Waals surface area contributed by atoms with Crippen LogP contribution in [-0.4, -0.2) is 41.8 Å². The normalized spacial score (nSPS) is 15.7. The van der Waals surface area contributed by atoms with Crippen molar-refractivity contribution in [3.8, 4) is 0 Å². The Labute approximate surface area is 65.2 Å². The van der Waals surface area contributed by atoms with E-state index in [1.807, 2.05) is 21.0 Å². The first-order valence-electron chi connectivity index (χ1n) is 3.07. The third-order valence-corrected chi connectivity index (χ3v) is 2.03. The Morgan fingerprint density at radius 3 is 2.11 bits per heavy atom. The van der Waals surface area contributed by atoms with E-state index in [1.54, 1.807) is 0 Å². The topological polar surface area (TPSA) is 20.2 Å². The van der Waals surface area contributed by atoms with Crippen molar-refractivity contribution in [1.82, 2.24) is 0 Å².